The SMILES string of the molecule is C=C/C=C\c1c(C=C)c[n+](O)c2cc[c]([Sn]([CH3])([CH3])[CH3])cc12. The standard InChI is InChI=1S/C15H13NO.3CH3.Sn/c1-3-5-8-13-12(4-2)11-16(17)15-10-7-6-9-14(13)15;;;;/h3-5,7-11,17H,1-2H2;3*1H3;/q+1;;;;/b8-5-;;;;. The van der Waals surface area contributed by atoms with Gasteiger partial charge >= 0.3 is 131 Å². The van der Waals surface area contributed by atoms with Gasteiger partial charge in [-0.15, -0.1) is 0 Å². The van der Waals surface area contributed by atoms with Crippen LogP contribution in [0.3, 0.4) is 0 Å². The van der Waals surface area contributed by atoms with E-state index in [1.807, 2.05) is 18.2 Å². The van der Waals surface area contributed by atoms with Gasteiger partial charge in [0.05, 0.1) is 0 Å². The van der Waals surface area contributed by atoms with E-state index in [9.17, 15) is 5.21 Å². The van der Waals surface area contributed by atoms with Crippen LogP contribution in [0.25, 0.3) is 23.1 Å². The molecule has 108 valence electrons. The molecule has 0 aliphatic carbocycles. The molecule has 2 nitrogen and oxygen atoms in total. The number of rotatable bonds is 4. The third-order valence-corrected chi connectivity index (χ3v) is 9.42. The van der Waals surface area contributed by atoms with Crippen molar-refractivity contribution >= 4 is 45.0 Å². The number of aromatic nitrogens is 1. The fourth-order valence-electron chi connectivity index (χ4n) is 2.36. The van der Waals surface area contributed by atoms with Crippen LogP contribution in [0.15, 0.2) is 49.7 Å². The van der Waals surface area contributed by atoms with Crippen molar-refractivity contribution in [2.24, 2.45) is 0 Å². The molecule has 0 radical (unpaired) electrons. The predicted molar refractivity (Wildman–Crippen MR) is 93.6 cm³/mol. The number of nitrogens with zero attached hydrogens (tertiary/aromatic N) is 1. The number of fused-ring (bicyclic) bond motifs is 1. The minimum atomic E-state index is -2.16. The number of hydrogen-bond donors (Lipinski definition) is 1. The fourth-order valence-corrected chi connectivity index (χ4v) is 5.67. The van der Waals surface area contributed by atoms with Gasteiger partial charge in [0.25, 0.3) is 0 Å². The third-order valence-electron chi connectivity index (χ3n) is 3.59. The van der Waals surface area contributed by atoms with Crippen LogP contribution >= 0.6 is 0 Å². The predicted octanol–water partition coefficient (Wildman–Crippen LogP) is 3.75. The molecule has 1 aromatic heterocycles. The first-order valence-electron chi connectivity index (χ1n) is 7.02. The van der Waals surface area contributed by atoms with Crippen LogP contribution < -0.4 is 8.31 Å². The van der Waals surface area contributed by atoms with Crippen LogP contribution in [-0.2, 0) is 0 Å². The van der Waals surface area contributed by atoms with Crippen molar-refractivity contribution in [2.45, 2.75) is 14.8 Å². The second-order valence-electron chi connectivity index (χ2n) is 6.12. The molecular weight excluding hydrogens is 365 g/mol. The summed E-state index contributed by atoms with van der Waals surface area (Å²) in [6, 6.07) is 6.39. The molecule has 0 saturated heterocycles. The summed E-state index contributed by atoms with van der Waals surface area (Å²) in [6.07, 6.45) is 9.15. The van der Waals surface area contributed by atoms with Gasteiger partial charge < -0.3 is 0 Å². The molecule has 0 spiro atoms. The number of pyridine rings is 1. The van der Waals surface area contributed by atoms with Crippen LogP contribution in [0.2, 0.25) is 14.8 Å². The Hall–Kier alpha value is -1.55. The van der Waals surface area contributed by atoms with Crippen LogP contribution in [-0.4, -0.2) is 23.6 Å². The van der Waals surface area contributed by atoms with E-state index in [0.29, 0.717) is 0 Å². The van der Waals surface area contributed by atoms with Gasteiger partial charge in [0.1, 0.15) is 0 Å². The number of allylic oxidation sites excluding steroid dienone is 2. The summed E-state index contributed by atoms with van der Waals surface area (Å²) in [5.74, 6) is 0. The molecule has 1 N–H and O–H groups in total. The molecule has 0 fully saturated rings. The maximum absolute atomic E-state index is 10.2. The Morgan fingerprint density at radius 3 is 2.48 bits per heavy atom. The molecule has 21 heavy (non-hydrogen) atoms. The summed E-state index contributed by atoms with van der Waals surface area (Å²) >= 11 is -2.16. The zero-order valence-electron chi connectivity index (χ0n) is 12.9. The van der Waals surface area contributed by atoms with Gasteiger partial charge in [-0.1, -0.05) is 0 Å². The summed E-state index contributed by atoms with van der Waals surface area (Å²) in [5, 5.41) is 11.2. The first-order chi connectivity index (χ1) is 9.88. The average molecular weight is 387 g/mol. The molecule has 3 heteroatoms. The van der Waals surface area contributed by atoms with Crippen molar-refractivity contribution in [2.75, 3.05) is 0 Å². The summed E-state index contributed by atoms with van der Waals surface area (Å²) < 4.78 is 2.62. The molecule has 0 saturated carbocycles. The van der Waals surface area contributed by atoms with Crippen molar-refractivity contribution in [1.82, 2.24) is 0 Å². The van der Waals surface area contributed by atoms with Gasteiger partial charge in [-0.2, -0.15) is 0 Å². The molecule has 0 aliphatic rings. The topological polar surface area (TPSA) is 24.1 Å². The van der Waals surface area contributed by atoms with Crippen LogP contribution in [0, 0.1) is 0 Å². The second-order valence-corrected chi connectivity index (χ2v) is 20.6. The molecule has 0 atom stereocenters. The Labute approximate surface area is 130 Å². The van der Waals surface area contributed by atoms with E-state index in [2.05, 4.69) is 40.1 Å². The van der Waals surface area contributed by atoms with E-state index >= 15 is 0 Å². The van der Waals surface area contributed by atoms with Gasteiger partial charge in [0.15, 0.2) is 0 Å². The normalized spacial score (nSPS) is 12.0. The van der Waals surface area contributed by atoms with Crippen LogP contribution in [0.1, 0.15) is 11.1 Å². The molecule has 0 aliphatic heterocycles. The maximum atomic E-state index is 10.2. The molecule has 0 amide bonds. The zero-order chi connectivity index (χ0) is 15.6. The Morgan fingerprint density at radius 2 is 1.90 bits per heavy atom. The molecule has 1 heterocycles. The van der Waals surface area contributed by atoms with Gasteiger partial charge in [-0.25, -0.2) is 0 Å². The molecule has 0 unspecified atom stereocenters. The quantitative estimate of drug-likeness (QED) is 0.368. The van der Waals surface area contributed by atoms with Gasteiger partial charge in [-0.05, 0) is 0 Å². The number of hydrogen-bond acceptors (Lipinski definition) is 1. The monoisotopic (exact) mass is 388 g/mol. The van der Waals surface area contributed by atoms with E-state index in [0.717, 1.165) is 22.0 Å². The molecule has 0 bridgehead atoms. The Balaban J connectivity index is 2.87. The summed E-state index contributed by atoms with van der Waals surface area (Å²) in [6.45, 7) is 7.58. The fraction of sp³-hybridized carbons (Fsp3) is 0.167. The first-order valence-corrected chi connectivity index (χ1v) is 17.0. The van der Waals surface area contributed by atoms with Crippen LogP contribution in [0.5, 0.6) is 0 Å². The molecule has 2 aromatic rings. The average Bonchev–Trinajstić information content (AvgIpc) is 2.44. The summed E-state index contributed by atoms with van der Waals surface area (Å²) in [7, 11) is 0. The van der Waals surface area contributed by atoms with Crippen LogP contribution in [0.4, 0.5) is 0 Å². The molecular formula is C18H22NOSn+. The van der Waals surface area contributed by atoms with E-state index < -0.39 is 18.4 Å². The van der Waals surface area contributed by atoms with Gasteiger partial charge in [0, 0.05) is 0 Å². The van der Waals surface area contributed by atoms with Gasteiger partial charge in [0.2, 0.25) is 0 Å². The first kappa shape index (κ1) is 15.8. The number of benzene rings is 1. The van der Waals surface area contributed by atoms with Crippen molar-refractivity contribution in [3.05, 3.63) is 60.8 Å². The van der Waals surface area contributed by atoms with Crippen molar-refractivity contribution < 1.29 is 9.94 Å². The van der Waals surface area contributed by atoms with Crippen molar-refractivity contribution in [3.63, 3.8) is 0 Å². The third kappa shape index (κ3) is 3.21. The molecule has 1 aromatic carbocycles. The van der Waals surface area contributed by atoms with E-state index in [4.69, 9.17) is 0 Å². The zero-order valence-corrected chi connectivity index (χ0v) is 15.8. The van der Waals surface area contributed by atoms with E-state index in [1.165, 1.54) is 8.31 Å². The minimum absolute atomic E-state index is 0.809. The van der Waals surface area contributed by atoms with Crippen molar-refractivity contribution in [1.29, 1.82) is 0 Å². The molecule has 2 rings (SSSR count). The second kappa shape index (κ2) is 6.06. The van der Waals surface area contributed by atoms with Gasteiger partial charge in [-0.3, -0.25) is 0 Å². The Bertz CT molecular complexity index is 739. The summed E-state index contributed by atoms with van der Waals surface area (Å²) in [5.41, 5.74) is 2.79. The van der Waals surface area contributed by atoms with E-state index in [1.54, 1.807) is 18.3 Å². The van der Waals surface area contributed by atoms with E-state index in [-0.39, 0.29) is 0 Å². The van der Waals surface area contributed by atoms with Crippen molar-refractivity contribution in [3.8, 4) is 0 Å². The summed E-state index contributed by atoms with van der Waals surface area (Å²) in [4.78, 5) is 7.17. The Morgan fingerprint density at radius 1 is 1.19 bits per heavy atom. The Kier molecular flexibility index (Phi) is 4.57.